The van der Waals surface area contributed by atoms with Gasteiger partial charge in [-0.25, -0.2) is 4.98 Å². The van der Waals surface area contributed by atoms with Gasteiger partial charge in [-0.05, 0) is 55.7 Å². The van der Waals surface area contributed by atoms with Gasteiger partial charge < -0.3 is 9.84 Å². The molecule has 1 fully saturated rings. The van der Waals surface area contributed by atoms with Crippen molar-refractivity contribution >= 4 is 17.3 Å². The van der Waals surface area contributed by atoms with E-state index in [2.05, 4.69) is 53.2 Å². The second-order valence-electron chi connectivity index (χ2n) is 8.10. The molecule has 2 aromatic carbocycles. The van der Waals surface area contributed by atoms with Crippen LogP contribution in [-0.2, 0) is 11.3 Å². The van der Waals surface area contributed by atoms with Crippen molar-refractivity contribution in [3.8, 4) is 26.8 Å². The highest BCUT2D eigenvalue weighted by molar-refractivity contribution is 7.18. The third-order valence-corrected chi connectivity index (χ3v) is 6.34. The number of carboxylic acid groups (broad SMARTS) is 1. The van der Waals surface area contributed by atoms with Crippen LogP contribution in [-0.4, -0.2) is 40.2 Å². The molecule has 0 saturated carbocycles. The monoisotopic (exact) mass is 422 g/mol. The van der Waals surface area contributed by atoms with E-state index in [1.54, 1.807) is 11.3 Å². The molecule has 1 aromatic heterocycles. The van der Waals surface area contributed by atoms with Crippen molar-refractivity contribution in [3.05, 3.63) is 59.8 Å². The van der Waals surface area contributed by atoms with Crippen molar-refractivity contribution in [2.24, 2.45) is 5.92 Å². The maximum atomic E-state index is 10.9. The molecule has 2 heterocycles. The largest absolute Gasteiger partial charge is 0.491 e. The molecule has 0 amide bonds. The highest BCUT2D eigenvalue weighted by atomic mass is 32.1. The lowest BCUT2D eigenvalue weighted by Crippen LogP contribution is -2.49. The van der Waals surface area contributed by atoms with Crippen LogP contribution in [0.1, 0.15) is 25.0 Å². The van der Waals surface area contributed by atoms with Crippen molar-refractivity contribution < 1.29 is 14.6 Å². The molecule has 1 aliphatic heterocycles. The molecule has 0 spiro atoms. The third kappa shape index (κ3) is 4.55. The summed E-state index contributed by atoms with van der Waals surface area (Å²) < 4.78 is 5.83. The molecule has 0 bridgehead atoms. The lowest BCUT2D eigenvalue weighted by Gasteiger charge is -2.36. The first-order chi connectivity index (χ1) is 14.4. The lowest BCUT2D eigenvalue weighted by molar-refractivity contribution is -0.147. The molecule has 0 aliphatic carbocycles. The van der Waals surface area contributed by atoms with Crippen LogP contribution < -0.4 is 4.74 Å². The van der Waals surface area contributed by atoms with Gasteiger partial charge in [0.1, 0.15) is 10.8 Å². The van der Waals surface area contributed by atoms with E-state index in [4.69, 9.17) is 9.84 Å². The summed E-state index contributed by atoms with van der Waals surface area (Å²) in [6.07, 6.45) is 2.09. The summed E-state index contributed by atoms with van der Waals surface area (Å²) in [6.45, 7) is 8.19. The SMILES string of the molecule is Cc1cc(-c2cnc(-c3ccc(CN4CC(C(=O)O)C4)cc3)s2)ccc1OC(C)C. The van der Waals surface area contributed by atoms with E-state index in [0.29, 0.717) is 13.1 Å². The molecule has 1 saturated heterocycles. The molecule has 3 aromatic rings. The van der Waals surface area contributed by atoms with Crippen LogP contribution in [0, 0.1) is 12.8 Å². The van der Waals surface area contributed by atoms with Gasteiger partial charge >= 0.3 is 5.97 Å². The number of rotatable bonds is 7. The highest BCUT2D eigenvalue weighted by Crippen LogP contribution is 2.34. The van der Waals surface area contributed by atoms with Crippen LogP contribution in [0.15, 0.2) is 48.7 Å². The number of carbonyl (C=O) groups is 1. The fourth-order valence-corrected chi connectivity index (χ4v) is 4.51. The van der Waals surface area contributed by atoms with E-state index >= 15 is 0 Å². The smallest absolute Gasteiger partial charge is 0.309 e. The summed E-state index contributed by atoms with van der Waals surface area (Å²) >= 11 is 1.68. The topological polar surface area (TPSA) is 62.7 Å². The Kier molecular flexibility index (Phi) is 5.88. The van der Waals surface area contributed by atoms with Crippen molar-refractivity contribution in [1.29, 1.82) is 0 Å². The Morgan fingerprint density at radius 2 is 1.90 bits per heavy atom. The van der Waals surface area contributed by atoms with Crippen molar-refractivity contribution in [2.75, 3.05) is 13.1 Å². The maximum Gasteiger partial charge on any atom is 0.309 e. The number of aryl methyl sites for hydroxylation is 1. The Balaban J connectivity index is 1.43. The first-order valence-corrected chi connectivity index (χ1v) is 11.0. The third-order valence-electron chi connectivity index (χ3n) is 5.24. The number of benzene rings is 2. The van der Waals surface area contributed by atoms with Crippen LogP contribution in [0.2, 0.25) is 0 Å². The predicted octanol–water partition coefficient (Wildman–Crippen LogP) is 5.09. The van der Waals surface area contributed by atoms with Crippen LogP contribution >= 0.6 is 11.3 Å². The fraction of sp³-hybridized carbons (Fsp3) is 0.333. The van der Waals surface area contributed by atoms with Gasteiger partial charge in [0, 0.05) is 31.4 Å². The fourth-order valence-electron chi connectivity index (χ4n) is 3.60. The number of carboxylic acids is 1. The van der Waals surface area contributed by atoms with Crippen LogP contribution in [0.5, 0.6) is 5.75 Å². The Morgan fingerprint density at radius 1 is 1.20 bits per heavy atom. The van der Waals surface area contributed by atoms with E-state index in [1.165, 1.54) is 5.56 Å². The molecule has 6 heteroatoms. The predicted molar refractivity (Wildman–Crippen MR) is 120 cm³/mol. The average molecular weight is 423 g/mol. The number of likely N-dealkylation sites (tertiary alicyclic amines) is 1. The zero-order valence-corrected chi connectivity index (χ0v) is 18.3. The number of hydrogen-bond acceptors (Lipinski definition) is 5. The minimum atomic E-state index is -0.696. The van der Waals surface area contributed by atoms with Crippen LogP contribution in [0.4, 0.5) is 0 Å². The van der Waals surface area contributed by atoms with Gasteiger partial charge in [0.25, 0.3) is 0 Å². The summed E-state index contributed by atoms with van der Waals surface area (Å²) in [4.78, 5) is 18.8. The zero-order chi connectivity index (χ0) is 21.3. The molecule has 5 nitrogen and oxygen atoms in total. The van der Waals surface area contributed by atoms with Gasteiger partial charge in [0.2, 0.25) is 0 Å². The Hall–Kier alpha value is -2.70. The molecule has 1 N–H and O–H groups in total. The molecular formula is C24H26N2O3S. The second-order valence-corrected chi connectivity index (χ2v) is 9.13. The van der Waals surface area contributed by atoms with E-state index < -0.39 is 5.97 Å². The van der Waals surface area contributed by atoms with Crippen molar-refractivity contribution in [2.45, 2.75) is 33.4 Å². The molecule has 30 heavy (non-hydrogen) atoms. The van der Waals surface area contributed by atoms with E-state index in [9.17, 15) is 4.79 Å². The normalized spacial score (nSPS) is 14.7. The van der Waals surface area contributed by atoms with Crippen molar-refractivity contribution in [1.82, 2.24) is 9.88 Å². The summed E-state index contributed by atoms with van der Waals surface area (Å²) in [6, 6.07) is 14.7. The molecule has 0 atom stereocenters. The molecule has 1 aliphatic rings. The lowest BCUT2D eigenvalue weighted by atomic mass is 9.99. The zero-order valence-electron chi connectivity index (χ0n) is 17.5. The van der Waals surface area contributed by atoms with E-state index in [1.807, 2.05) is 26.1 Å². The maximum absolute atomic E-state index is 10.9. The molecule has 0 radical (unpaired) electrons. The summed E-state index contributed by atoms with van der Waals surface area (Å²) in [7, 11) is 0. The van der Waals surface area contributed by atoms with E-state index in [0.717, 1.165) is 38.9 Å². The number of aromatic nitrogens is 1. The minimum Gasteiger partial charge on any atom is -0.491 e. The number of ether oxygens (including phenoxy) is 1. The first kappa shape index (κ1) is 20.6. The van der Waals surface area contributed by atoms with Gasteiger partial charge in [-0.3, -0.25) is 9.69 Å². The molecule has 0 unspecified atom stereocenters. The summed E-state index contributed by atoms with van der Waals surface area (Å²) in [5.74, 6) is 0.0112. The summed E-state index contributed by atoms with van der Waals surface area (Å²) in [5.41, 5.74) is 4.56. The summed E-state index contributed by atoms with van der Waals surface area (Å²) in [5, 5.41) is 9.98. The number of aliphatic carboxylic acids is 1. The van der Waals surface area contributed by atoms with Crippen molar-refractivity contribution in [3.63, 3.8) is 0 Å². The highest BCUT2D eigenvalue weighted by Gasteiger charge is 2.32. The average Bonchev–Trinajstić information content (AvgIpc) is 3.16. The Labute approximate surface area is 181 Å². The number of nitrogens with zero attached hydrogens (tertiary/aromatic N) is 2. The molecule has 4 rings (SSSR count). The number of thiazole rings is 1. The molecular weight excluding hydrogens is 396 g/mol. The first-order valence-electron chi connectivity index (χ1n) is 10.2. The van der Waals surface area contributed by atoms with Crippen LogP contribution in [0.3, 0.4) is 0 Å². The Bertz CT molecular complexity index is 1040. The van der Waals surface area contributed by atoms with Gasteiger partial charge in [-0.15, -0.1) is 11.3 Å². The number of hydrogen-bond donors (Lipinski definition) is 1. The van der Waals surface area contributed by atoms with Gasteiger partial charge in [0.05, 0.1) is 16.9 Å². The quantitative estimate of drug-likeness (QED) is 0.575. The second kappa shape index (κ2) is 8.58. The standard InChI is InChI=1S/C24H26N2O3S/c1-15(2)29-21-9-8-19(10-16(21)3)22-11-25-23(30-22)18-6-4-17(5-7-18)12-26-13-20(14-26)24(27)28/h4-11,15,20H,12-14H2,1-3H3,(H,27,28). The van der Waals surface area contributed by atoms with Gasteiger partial charge in [-0.2, -0.15) is 0 Å². The molecule has 156 valence electrons. The minimum absolute atomic E-state index is 0.159. The van der Waals surface area contributed by atoms with Gasteiger partial charge in [0.15, 0.2) is 0 Å². The Morgan fingerprint density at radius 3 is 2.53 bits per heavy atom. The van der Waals surface area contributed by atoms with E-state index in [-0.39, 0.29) is 12.0 Å². The van der Waals surface area contributed by atoms with Gasteiger partial charge in [-0.1, -0.05) is 24.3 Å². The van der Waals surface area contributed by atoms with Crippen LogP contribution in [0.25, 0.3) is 21.0 Å².